The zero-order valence-corrected chi connectivity index (χ0v) is 14.4. The monoisotopic (exact) mass is 358 g/mol. The second kappa shape index (κ2) is 8.03. The van der Waals surface area contributed by atoms with Gasteiger partial charge in [0.25, 0.3) is 0 Å². The van der Waals surface area contributed by atoms with E-state index in [4.69, 9.17) is 9.52 Å². The molecule has 7 heteroatoms. The molecule has 1 aromatic heterocycles. The van der Waals surface area contributed by atoms with Crippen molar-refractivity contribution >= 4 is 28.8 Å². The zero-order chi connectivity index (χ0) is 18.5. The van der Waals surface area contributed by atoms with Crippen LogP contribution in [0, 0.1) is 0 Å². The van der Waals surface area contributed by atoms with Gasteiger partial charge in [-0.15, -0.1) is 0 Å². The summed E-state index contributed by atoms with van der Waals surface area (Å²) in [6, 6.07) is 8.90. The Balaban J connectivity index is 1.56. The van der Waals surface area contributed by atoms with Crippen molar-refractivity contribution in [3.05, 3.63) is 36.1 Å². The average Bonchev–Trinajstić information content (AvgIpc) is 2.96. The number of aliphatic carboxylic acids is 1. The summed E-state index contributed by atoms with van der Waals surface area (Å²) in [6.07, 6.45) is 2.70. The average molecular weight is 358 g/mol. The molecular formula is C19H22N2O5. The van der Waals surface area contributed by atoms with E-state index in [1.807, 2.05) is 30.3 Å². The fourth-order valence-electron chi connectivity index (χ4n) is 3.22. The van der Waals surface area contributed by atoms with E-state index < -0.39 is 12.0 Å². The molecule has 26 heavy (non-hydrogen) atoms. The lowest BCUT2D eigenvalue weighted by Crippen LogP contribution is -2.48. The number of hydrogen-bond acceptors (Lipinski definition) is 4. The van der Waals surface area contributed by atoms with Crippen LogP contribution < -0.4 is 5.32 Å². The molecule has 1 fully saturated rings. The van der Waals surface area contributed by atoms with E-state index in [1.54, 1.807) is 0 Å². The maximum absolute atomic E-state index is 12.4. The van der Waals surface area contributed by atoms with Crippen LogP contribution in [0.4, 0.5) is 0 Å². The minimum absolute atomic E-state index is 0.211. The number of para-hydroxylation sites is 1. The Morgan fingerprint density at radius 3 is 2.85 bits per heavy atom. The lowest BCUT2D eigenvalue weighted by Gasteiger charge is -2.23. The quantitative estimate of drug-likeness (QED) is 0.822. The van der Waals surface area contributed by atoms with Gasteiger partial charge in [0.1, 0.15) is 23.9 Å². The van der Waals surface area contributed by atoms with Crippen molar-refractivity contribution in [1.29, 1.82) is 0 Å². The predicted octanol–water partition coefficient (Wildman–Crippen LogP) is 1.95. The third-order valence-corrected chi connectivity index (χ3v) is 4.52. The summed E-state index contributed by atoms with van der Waals surface area (Å²) in [5, 5.41) is 12.7. The molecule has 3 rings (SSSR count). The molecule has 1 unspecified atom stereocenters. The Morgan fingerprint density at radius 2 is 2.08 bits per heavy atom. The van der Waals surface area contributed by atoms with Crippen molar-refractivity contribution in [2.45, 2.75) is 38.1 Å². The van der Waals surface area contributed by atoms with Crippen LogP contribution in [-0.4, -0.2) is 46.9 Å². The minimum atomic E-state index is -1.05. The molecular weight excluding hydrogens is 336 g/mol. The molecule has 2 N–H and O–H groups in total. The van der Waals surface area contributed by atoms with E-state index in [1.165, 1.54) is 4.90 Å². The molecule has 1 atom stereocenters. The van der Waals surface area contributed by atoms with E-state index in [2.05, 4.69) is 5.32 Å². The maximum Gasteiger partial charge on any atom is 0.323 e. The minimum Gasteiger partial charge on any atom is -0.480 e. The summed E-state index contributed by atoms with van der Waals surface area (Å²) >= 11 is 0. The third kappa shape index (κ3) is 4.41. The molecule has 1 aliphatic rings. The summed E-state index contributed by atoms with van der Waals surface area (Å²) in [5.41, 5.74) is 0.783. The first kappa shape index (κ1) is 18.0. The van der Waals surface area contributed by atoms with Crippen LogP contribution in [0.1, 0.15) is 31.4 Å². The van der Waals surface area contributed by atoms with E-state index >= 15 is 0 Å². The number of rotatable bonds is 6. The normalized spacial score (nSPS) is 17.9. The number of amides is 2. The van der Waals surface area contributed by atoms with Crippen molar-refractivity contribution in [3.63, 3.8) is 0 Å². The highest BCUT2D eigenvalue weighted by atomic mass is 16.4. The lowest BCUT2D eigenvalue weighted by molar-refractivity contribution is -0.145. The number of carbonyl (C=O) groups is 3. The fourth-order valence-corrected chi connectivity index (χ4v) is 3.22. The van der Waals surface area contributed by atoms with Gasteiger partial charge in [-0.1, -0.05) is 18.2 Å². The molecule has 2 amide bonds. The van der Waals surface area contributed by atoms with Crippen molar-refractivity contribution < 1.29 is 23.9 Å². The number of carbonyl (C=O) groups excluding carboxylic acids is 2. The lowest BCUT2D eigenvalue weighted by atomic mass is 10.1. The van der Waals surface area contributed by atoms with Crippen LogP contribution in [0.15, 0.2) is 34.7 Å². The molecule has 0 saturated carbocycles. The van der Waals surface area contributed by atoms with Crippen molar-refractivity contribution in [2.75, 3.05) is 13.1 Å². The molecule has 0 radical (unpaired) electrons. The van der Waals surface area contributed by atoms with Gasteiger partial charge in [-0.3, -0.25) is 14.4 Å². The zero-order valence-electron chi connectivity index (χ0n) is 14.4. The Morgan fingerprint density at radius 1 is 1.27 bits per heavy atom. The summed E-state index contributed by atoms with van der Waals surface area (Å²) in [7, 11) is 0. The molecule has 2 heterocycles. The molecule has 2 aromatic rings. The summed E-state index contributed by atoms with van der Waals surface area (Å²) in [5.74, 6) is -0.876. The molecule has 1 saturated heterocycles. The van der Waals surface area contributed by atoms with Gasteiger partial charge < -0.3 is 19.7 Å². The van der Waals surface area contributed by atoms with Crippen molar-refractivity contribution in [2.24, 2.45) is 0 Å². The van der Waals surface area contributed by atoms with Crippen LogP contribution in [-0.2, 0) is 20.8 Å². The van der Waals surface area contributed by atoms with E-state index in [0.29, 0.717) is 19.4 Å². The smallest absolute Gasteiger partial charge is 0.323 e. The molecule has 0 spiro atoms. The number of fused-ring (bicyclic) bond motifs is 1. The van der Waals surface area contributed by atoms with Crippen molar-refractivity contribution in [3.8, 4) is 0 Å². The summed E-state index contributed by atoms with van der Waals surface area (Å²) in [6.45, 7) is 0.0840. The molecule has 0 aliphatic carbocycles. The Bertz CT molecular complexity index is 780. The van der Waals surface area contributed by atoms with Crippen LogP contribution in [0.3, 0.4) is 0 Å². The predicted molar refractivity (Wildman–Crippen MR) is 94.5 cm³/mol. The topological polar surface area (TPSA) is 99.8 Å². The molecule has 138 valence electrons. The Kier molecular flexibility index (Phi) is 5.55. The number of hydrogen-bond donors (Lipinski definition) is 2. The second-order valence-corrected chi connectivity index (χ2v) is 6.52. The second-order valence-electron chi connectivity index (χ2n) is 6.52. The first-order valence-corrected chi connectivity index (χ1v) is 8.80. The standard InChI is InChI=1S/C19H22N2O5/c22-17(9-8-14-11-13-5-1-2-7-16(13)26-14)20-15-6-3-4-10-21(19(15)25)12-18(23)24/h1-2,5,7,11,15H,3-4,6,8-10,12H2,(H,20,22)(H,23,24). The third-order valence-electron chi connectivity index (χ3n) is 4.52. The number of likely N-dealkylation sites (tertiary alicyclic amines) is 1. The van der Waals surface area contributed by atoms with Gasteiger partial charge in [0.05, 0.1) is 0 Å². The largest absolute Gasteiger partial charge is 0.480 e. The van der Waals surface area contributed by atoms with Gasteiger partial charge in [0.2, 0.25) is 11.8 Å². The van der Waals surface area contributed by atoms with Gasteiger partial charge in [0, 0.05) is 24.8 Å². The maximum atomic E-state index is 12.4. The van der Waals surface area contributed by atoms with Gasteiger partial charge >= 0.3 is 5.97 Å². The number of carboxylic acids is 1. The first-order valence-electron chi connectivity index (χ1n) is 8.80. The summed E-state index contributed by atoms with van der Waals surface area (Å²) in [4.78, 5) is 36.9. The number of furan rings is 1. The van der Waals surface area contributed by atoms with Crippen LogP contribution >= 0.6 is 0 Å². The van der Waals surface area contributed by atoms with Gasteiger partial charge in [-0.05, 0) is 31.4 Å². The van der Waals surface area contributed by atoms with Gasteiger partial charge in [0.15, 0.2) is 0 Å². The van der Waals surface area contributed by atoms with E-state index in [9.17, 15) is 14.4 Å². The van der Waals surface area contributed by atoms with Crippen molar-refractivity contribution in [1.82, 2.24) is 10.2 Å². The number of benzene rings is 1. The number of nitrogens with one attached hydrogen (secondary N) is 1. The highest BCUT2D eigenvalue weighted by Crippen LogP contribution is 2.20. The number of aryl methyl sites for hydroxylation is 1. The Labute approximate surface area is 151 Å². The van der Waals surface area contributed by atoms with Crippen LogP contribution in [0.5, 0.6) is 0 Å². The highest BCUT2D eigenvalue weighted by molar-refractivity contribution is 5.89. The Hall–Kier alpha value is -2.83. The fraction of sp³-hybridized carbons (Fsp3) is 0.421. The highest BCUT2D eigenvalue weighted by Gasteiger charge is 2.29. The van der Waals surface area contributed by atoms with E-state index in [-0.39, 0.29) is 24.8 Å². The first-order chi connectivity index (χ1) is 12.5. The molecule has 1 aliphatic heterocycles. The van der Waals surface area contributed by atoms with Gasteiger partial charge in [-0.2, -0.15) is 0 Å². The molecule has 7 nitrogen and oxygen atoms in total. The van der Waals surface area contributed by atoms with Crippen LogP contribution in [0.2, 0.25) is 0 Å². The molecule has 1 aromatic carbocycles. The van der Waals surface area contributed by atoms with Gasteiger partial charge in [-0.25, -0.2) is 0 Å². The number of carboxylic acid groups (broad SMARTS) is 1. The molecule has 0 bridgehead atoms. The van der Waals surface area contributed by atoms with Crippen LogP contribution in [0.25, 0.3) is 11.0 Å². The SMILES string of the molecule is O=C(O)CN1CCCCC(NC(=O)CCc2cc3ccccc3o2)C1=O. The number of nitrogens with zero attached hydrogens (tertiary/aromatic N) is 1. The summed E-state index contributed by atoms with van der Waals surface area (Å²) < 4.78 is 5.69. The van der Waals surface area contributed by atoms with E-state index in [0.717, 1.165) is 29.6 Å².